The molecule has 0 amide bonds. The molecular formula is C24H29N5O7S. The number of piperazine rings is 1. The minimum absolute atomic E-state index is 0.199. The fraction of sp³-hybridized carbons (Fsp3) is 0.458. The Balaban J connectivity index is 0.000000480. The molecular weight excluding hydrogens is 502 g/mol. The number of carboxylic acids is 2. The van der Waals surface area contributed by atoms with Crippen LogP contribution in [0.3, 0.4) is 0 Å². The van der Waals surface area contributed by atoms with Gasteiger partial charge in [-0.15, -0.1) is 0 Å². The Morgan fingerprint density at radius 2 is 1.68 bits per heavy atom. The molecule has 37 heavy (non-hydrogen) atoms. The van der Waals surface area contributed by atoms with Gasteiger partial charge in [0.1, 0.15) is 5.82 Å². The lowest BCUT2D eigenvalue weighted by Gasteiger charge is -2.35. The SMILES string of the molecule is O=C(O)C(=O)O.O=c1cc2n(c(=O)n1CCCCN1CCN(c3nsc4ccccc34)CC1)CCOC2. The number of rotatable bonds is 6. The van der Waals surface area contributed by atoms with Gasteiger partial charge in [0.25, 0.3) is 5.56 Å². The average molecular weight is 532 g/mol. The van der Waals surface area contributed by atoms with Crippen molar-refractivity contribution in [2.75, 3.05) is 44.2 Å². The minimum Gasteiger partial charge on any atom is -0.473 e. The van der Waals surface area contributed by atoms with E-state index < -0.39 is 11.9 Å². The number of anilines is 1. The van der Waals surface area contributed by atoms with Gasteiger partial charge in [-0.05, 0) is 43.1 Å². The van der Waals surface area contributed by atoms with E-state index in [1.165, 1.54) is 14.7 Å². The molecule has 13 heteroatoms. The van der Waals surface area contributed by atoms with Crippen molar-refractivity contribution < 1.29 is 24.5 Å². The molecule has 5 rings (SSSR count). The van der Waals surface area contributed by atoms with Crippen LogP contribution in [0.25, 0.3) is 10.1 Å². The first-order valence-corrected chi connectivity index (χ1v) is 12.8. The lowest BCUT2D eigenvalue weighted by atomic mass is 10.2. The highest BCUT2D eigenvalue weighted by atomic mass is 32.1. The first-order valence-electron chi connectivity index (χ1n) is 12.0. The minimum atomic E-state index is -1.82. The summed E-state index contributed by atoms with van der Waals surface area (Å²) in [5.41, 5.74) is 0.268. The van der Waals surface area contributed by atoms with Crippen molar-refractivity contribution >= 4 is 39.4 Å². The summed E-state index contributed by atoms with van der Waals surface area (Å²) < 4.78 is 14.3. The van der Waals surface area contributed by atoms with Crippen molar-refractivity contribution in [1.29, 1.82) is 0 Å². The number of aliphatic carboxylic acids is 2. The third-order valence-corrected chi connectivity index (χ3v) is 7.21. The van der Waals surface area contributed by atoms with E-state index in [1.807, 2.05) is 0 Å². The maximum atomic E-state index is 12.6. The quantitative estimate of drug-likeness (QED) is 0.347. The summed E-state index contributed by atoms with van der Waals surface area (Å²) in [7, 11) is 0. The molecule has 0 atom stereocenters. The highest BCUT2D eigenvalue weighted by Gasteiger charge is 2.20. The molecule has 0 radical (unpaired) electrons. The molecule has 2 N–H and O–H groups in total. The molecule has 0 saturated carbocycles. The highest BCUT2D eigenvalue weighted by molar-refractivity contribution is 7.13. The molecule has 3 aromatic rings. The van der Waals surface area contributed by atoms with Crippen molar-refractivity contribution in [3.63, 3.8) is 0 Å². The summed E-state index contributed by atoms with van der Waals surface area (Å²) in [6.07, 6.45) is 1.79. The van der Waals surface area contributed by atoms with Gasteiger partial charge in [-0.2, -0.15) is 4.37 Å². The molecule has 0 spiro atoms. The Morgan fingerprint density at radius 3 is 2.41 bits per heavy atom. The lowest BCUT2D eigenvalue weighted by molar-refractivity contribution is -0.159. The van der Waals surface area contributed by atoms with Crippen LogP contribution in [0.15, 0.2) is 39.9 Å². The van der Waals surface area contributed by atoms with Crippen molar-refractivity contribution in [2.24, 2.45) is 0 Å². The van der Waals surface area contributed by atoms with Gasteiger partial charge in [-0.1, -0.05) is 12.1 Å². The predicted octanol–water partition coefficient (Wildman–Crippen LogP) is 0.908. The van der Waals surface area contributed by atoms with Crippen LogP contribution in [0.1, 0.15) is 18.5 Å². The van der Waals surface area contributed by atoms with Gasteiger partial charge >= 0.3 is 17.6 Å². The Bertz CT molecular complexity index is 1360. The van der Waals surface area contributed by atoms with Crippen molar-refractivity contribution in [1.82, 2.24) is 18.4 Å². The number of unbranched alkanes of at least 4 members (excludes halogenated alkanes) is 1. The molecule has 4 heterocycles. The summed E-state index contributed by atoms with van der Waals surface area (Å²) in [4.78, 5) is 48.0. The summed E-state index contributed by atoms with van der Waals surface area (Å²) in [5.74, 6) is -2.54. The Hall–Kier alpha value is -3.55. The molecule has 1 fully saturated rings. The van der Waals surface area contributed by atoms with Crippen LogP contribution >= 0.6 is 11.5 Å². The van der Waals surface area contributed by atoms with E-state index in [9.17, 15) is 9.59 Å². The topological polar surface area (TPSA) is 147 Å². The smallest absolute Gasteiger partial charge is 0.414 e. The summed E-state index contributed by atoms with van der Waals surface area (Å²) in [6, 6.07) is 9.95. The second-order valence-corrected chi connectivity index (χ2v) is 9.57. The Labute approximate surface area is 216 Å². The van der Waals surface area contributed by atoms with Crippen LogP contribution < -0.4 is 16.1 Å². The van der Waals surface area contributed by atoms with E-state index in [0.717, 1.165) is 51.4 Å². The van der Waals surface area contributed by atoms with Gasteiger partial charge in [0.15, 0.2) is 0 Å². The standard InChI is InChI=1S/C22H27N5O3S.C2H2O4/c28-20-15-17-16-30-14-13-26(17)22(29)27(20)8-4-3-7-24-9-11-25(12-10-24)21-18-5-1-2-6-19(18)31-23-21;3-1(4)2(5)6/h1-2,5-6,15H,3-4,7-14,16H2;(H,3,4)(H,5,6). The van der Waals surface area contributed by atoms with E-state index in [4.69, 9.17) is 24.5 Å². The van der Waals surface area contributed by atoms with E-state index in [1.54, 1.807) is 22.2 Å². The monoisotopic (exact) mass is 531 g/mol. The number of hydrogen-bond donors (Lipinski definition) is 2. The fourth-order valence-corrected chi connectivity index (χ4v) is 5.24. The lowest BCUT2D eigenvalue weighted by Crippen LogP contribution is -2.47. The van der Waals surface area contributed by atoms with Crippen LogP contribution in [-0.4, -0.2) is 79.9 Å². The van der Waals surface area contributed by atoms with Crippen LogP contribution in [0.4, 0.5) is 5.82 Å². The van der Waals surface area contributed by atoms with Crippen molar-refractivity contribution in [3.8, 4) is 0 Å². The van der Waals surface area contributed by atoms with Gasteiger partial charge in [0, 0.05) is 44.2 Å². The third kappa shape index (κ3) is 6.42. The molecule has 2 aromatic heterocycles. The van der Waals surface area contributed by atoms with Gasteiger partial charge < -0.3 is 19.8 Å². The molecule has 1 aromatic carbocycles. The second-order valence-electron chi connectivity index (χ2n) is 8.76. The maximum Gasteiger partial charge on any atom is 0.414 e. The summed E-state index contributed by atoms with van der Waals surface area (Å²) >= 11 is 1.57. The first-order chi connectivity index (χ1) is 17.8. The van der Waals surface area contributed by atoms with Crippen LogP contribution in [-0.2, 0) is 34.0 Å². The van der Waals surface area contributed by atoms with E-state index in [-0.39, 0.29) is 11.2 Å². The molecule has 0 bridgehead atoms. The van der Waals surface area contributed by atoms with E-state index in [0.29, 0.717) is 32.0 Å². The van der Waals surface area contributed by atoms with E-state index >= 15 is 0 Å². The van der Waals surface area contributed by atoms with Crippen LogP contribution in [0.2, 0.25) is 0 Å². The van der Waals surface area contributed by atoms with Gasteiger partial charge in [0.2, 0.25) is 0 Å². The van der Waals surface area contributed by atoms with Gasteiger partial charge in [-0.25, -0.2) is 14.4 Å². The summed E-state index contributed by atoms with van der Waals surface area (Å²) in [6.45, 7) is 6.81. The number of carboxylic acid groups (broad SMARTS) is 2. The maximum absolute atomic E-state index is 12.6. The molecule has 198 valence electrons. The molecule has 0 aliphatic carbocycles. The molecule has 2 aliphatic rings. The Morgan fingerprint density at radius 1 is 0.973 bits per heavy atom. The largest absolute Gasteiger partial charge is 0.473 e. The normalized spacial score (nSPS) is 15.6. The molecule has 2 aliphatic heterocycles. The number of nitrogens with zero attached hydrogens (tertiary/aromatic N) is 5. The van der Waals surface area contributed by atoms with Gasteiger partial charge in [-0.3, -0.25) is 18.8 Å². The fourth-order valence-electron chi connectivity index (χ4n) is 4.45. The number of fused-ring (bicyclic) bond motifs is 2. The average Bonchev–Trinajstić information content (AvgIpc) is 3.33. The number of aromatic nitrogens is 3. The third-order valence-electron chi connectivity index (χ3n) is 6.39. The zero-order valence-electron chi connectivity index (χ0n) is 20.2. The molecule has 12 nitrogen and oxygen atoms in total. The number of benzene rings is 1. The molecule has 0 unspecified atom stereocenters. The van der Waals surface area contributed by atoms with Gasteiger partial charge in [0.05, 0.1) is 30.2 Å². The van der Waals surface area contributed by atoms with Crippen molar-refractivity contribution in [2.45, 2.75) is 32.5 Å². The predicted molar refractivity (Wildman–Crippen MR) is 137 cm³/mol. The number of carbonyl (C=O) groups is 2. The number of hydrogen-bond acceptors (Lipinski definition) is 9. The zero-order valence-corrected chi connectivity index (χ0v) is 21.1. The zero-order chi connectivity index (χ0) is 26.4. The van der Waals surface area contributed by atoms with Crippen LogP contribution in [0, 0.1) is 0 Å². The molecule has 1 saturated heterocycles. The highest BCUT2D eigenvalue weighted by Crippen LogP contribution is 2.29. The first kappa shape index (κ1) is 26.5. The number of ether oxygens (including phenoxy) is 1. The second kappa shape index (κ2) is 12.1. The van der Waals surface area contributed by atoms with Crippen molar-refractivity contribution in [3.05, 3.63) is 56.9 Å². The summed E-state index contributed by atoms with van der Waals surface area (Å²) in [5, 5.41) is 16.0. The Kier molecular flexibility index (Phi) is 8.69. The van der Waals surface area contributed by atoms with Crippen LogP contribution in [0.5, 0.6) is 0 Å². The van der Waals surface area contributed by atoms with E-state index in [2.05, 4.69) is 38.4 Å².